The lowest BCUT2D eigenvalue weighted by molar-refractivity contribution is -0.132. The number of nitrogens with one attached hydrogen (secondary N) is 3. The van der Waals surface area contributed by atoms with Gasteiger partial charge in [-0.3, -0.25) is 9.59 Å². The topological polar surface area (TPSA) is 70.2 Å². The van der Waals surface area contributed by atoms with Gasteiger partial charge in [-0.25, -0.2) is 0 Å². The van der Waals surface area contributed by atoms with Gasteiger partial charge in [-0.2, -0.15) is 0 Å². The van der Waals surface area contributed by atoms with Crippen molar-refractivity contribution in [3.8, 4) is 22.3 Å². The van der Waals surface area contributed by atoms with Crippen LogP contribution in [0.25, 0.3) is 22.3 Å². The number of amides is 2. The molecule has 0 aliphatic carbocycles. The van der Waals surface area contributed by atoms with Crippen LogP contribution in [0.5, 0.6) is 0 Å². The van der Waals surface area contributed by atoms with E-state index in [1.807, 2.05) is 36.4 Å². The number of benzene rings is 4. The van der Waals surface area contributed by atoms with Crippen molar-refractivity contribution >= 4 is 11.8 Å². The third-order valence-electron chi connectivity index (χ3n) is 7.44. The zero-order valence-electron chi connectivity index (χ0n) is 22.1. The van der Waals surface area contributed by atoms with E-state index in [2.05, 4.69) is 88.7 Å². The van der Waals surface area contributed by atoms with Gasteiger partial charge in [0, 0.05) is 26.2 Å². The molecule has 3 N–H and O–H groups in total. The second-order valence-corrected chi connectivity index (χ2v) is 10.1. The van der Waals surface area contributed by atoms with Crippen LogP contribution in [-0.4, -0.2) is 38.0 Å². The Balaban J connectivity index is 1.05. The summed E-state index contributed by atoms with van der Waals surface area (Å²) < 4.78 is 0. The summed E-state index contributed by atoms with van der Waals surface area (Å²) in [6.45, 7) is 2.15. The van der Waals surface area contributed by atoms with Gasteiger partial charge in [-0.05, 0) is 46.2 Å². The summed E-state index contributed by atoms with van der Waals surface area (Å²) >= 11 is 0. The van der Waals surface area contributed by atoms with Crippen molar-refractivity contribution in [2.45, 2.75) is 12.8 Å². The molecule has 2 atom stereocenters. The van der Waals surface area contributed by atoms with Gasteiger partial charge in [0.15, 0.2) is 0 Å². The van der Waals surface area contributed by atoms with Crippen molar-refractivity contribution < 1.29 is 9.59 Å². The van der Waals surface area contributed by atoms with Crippen LogP contribution >= 0.6 is 0 Å². The third-order valence-corrected chi connectivity index (χ3v) is 7.44. The van der Waals surface area contributed by atoms with Crippen LogP contribution in [0.3, 0.4) is 0 Å². The van der Waals surface area contributed by atoms with E-state index in [9.17, 15) is 9.59 Å². The van der Waals surface area contributed by atoms with E-state index < -0.39 is 0 Å². The van der Waals surface area contributed by atoms with Crippen LogP contribution in [0.15, 0.2) is 109 Å². The number of hydrogen-bond acceptors (Lipinski definition) is 3. The first-order valence-corrected chi connectivity index (χ1v) is 13.7. The first-order valence-electron chi connectivity index (χ1n) is 13.7. The van der Waals surface area contributed by atoms with Gasteiger partial charge in [-0.1, -0.05) is 109 Å². The fourth-order valence-corrected chi connectivity index (χ4v) is 5.14. The van der Waals surface area contributed by atoms with Gasteiger partial charge in [0.1, 0.15) is 0 Å². The SMILES string of the molecule is O=C(NCCc1ccc(-c2ccccc2)cc1)[C@@H]1CNC[C@H]1C(=O)NCCc1ccc(-c2ccccc2)cc1. The third kappa shape index (κ3) is 7.01. The molecule has 4 aromatic rings. The average molecular weight is 518 g/mol. The van der Waals surface area contributed by atoms with Crippen molar-refractivity contribution in [1.82, 2.24) is 16.0 Å². The highest BCUT2D eigenvalue weighted by molar-refractivity contribution is 5.88. The Labute approximate surface area is 230 Å². The number of hydrogen-bond donors (Lipinski definition) is 3. The maximum atomic E-state index is 12.9. The van der Waals surface area contributed by atoms with Crippen molar-refractivity contribution in [2.24, 2.45) is 11.8 Å². The van der Waals surface area contributed by atoms with E-state index >= 15 is 0 Å². The van der Waals surface area contributed by atoms with Crippen LogP contribution in [0.2, 0.25) is 0 Å². The monoisotopic (exact) mass is 517 g/mol. The molecular weight excluding hydrogens is 482 g/mol. The summed E-state index contributed by atoms with van der Waals surface area (Å²) in [7, 11) is 0. The maximum absolute atomic E-state index is 12.9. The number of rotatable bonds is 10. The summed E-state index contributed by atoms with van der Waals surface area (Å²) in [6, 6.07) is 37.5. The molecule has 0 unspecified atom stereocenters. The van der Waals surface area contributed by atoms with E-state index in [1.54, 1.807) is 0 Å². The second-order valence-electron chi connectivity index (χ2n) is 10.1. The minimum atomic E-state index is -0.351. The molecule has 198 valence electrons. The van der Waals surface area contributed by atoms with Crippen molar-refractivity contribution in [2.75, 3.05) is 26.2 Å². The summed E-state index contributed by atoms with van der Waals surface area (Å²) in [5.41, 5.74) is 7.08. The number of carbonyl (C=O) groups excluding carboxylic acids is 2. The quantitative estimate of drug-likeness (QED) is 0.281. The predicted octanol–water partition coefficient (Wildman–Crippen LogP) is 4.87. The molecule has 0 spiro atoms. The molecule has 1 aliphatic heterocycles. The van der Waals surface area contributed by atoms with E-state index in [4.69, 9.17) is 0 Å². The molecule has 1 aliphatic rings. The molecule has 0 saturated carbocycles. The van der Waals surface area contributed by atoms with Crippen molar-refractivity contribution in [1.29, 1.82) is 0 Å². The molecule has 5 heteroatoms. The first kappa shape index (κ1) is 26.4. The lowest BCUT2D eigenvalue weighted by Crippen LogP contribution is -2.42. The van der Waals surface area contributed by atoms with Gasteiger partial charge in [-0.15, -0.1) is 0 Å². The van der Waals surface area contributed by atoms with E-state index in [-0.39, 0.29) is 23.7 Å². The highest BCUT2D eigenvalue weighted by Gasteiger charge is 2.37. The van der Waals surface area contributed by atoms with Crippen molar-refractivity contribution in [3.63, 3.8) is 0 Å². The largest absolute Gasteiger partial charge is 0.355 e. The Morgan fingerprint density at radius 2 is 0.897 bits per heavy atom. The summed E-state index contributed by atoms with van der Waals surface area (Å²) in [5.74, 6) is -0.818. The van der Waals surface area contributed by atoms with Gasteiger partial charge in [0.2, 0.25) is 11.8 Å². The summed E-state index contributed by atoms with van der Waals surface area (Å²) in [4.78, 5) is 25.8. The van der Waals surface area contributed by atoms with Crippen LogP contribution in [0.1, 0.15) is 11.1 Å². The Morgan fingerprint density at radius 1 is 0.538 bits per heavy atom. The smallest absolute Gasteiger partial charge is 0.225 e. The molecule has 2 amide bonds. The molecule has 0 bridgehead atoms. The van der Waals surface area contributed by atoms with Crippen LogP contribution in [0, 0.1) is 11.8 Å². The summed E-state index contributed by atoms with van der Waals surface area (Å²) in [5, 5.41) is 9.31. The normalized spacial score (nSPS) is 16.5. The van der Waals surface area contributed by atoms with Gasteiger partial charge in [0.25, 0.3) is 0 Å². The zero-order valence-corrected chi connectivity index (χ0v) is 22.1. The van der Waals surface area contributed by atoms with Gasteiger partial charge < -0.3 is 16.0 Å². The van der Waals surface area contributed by atoms with Crippen LogP contribution in [0.4, 0.5) is 0 Å². The molecule has 39 heavy (non-hydrogen) atoms. The maximum Gasteiger partial charge on any atom is 0.225 e. The van der Waals surface area contributed by atoms with E-state index in [1.165, 1.54) is 33.4 Å². The number of carbonyl (C=O) groups is 2. The molecule has 1 fully saturated rings. The average Bonchev–Trinajstić information content (AvgIpc) is 3.49. The van der Waals surface area contributed by atoms with Crippen LogP contribution in [-0.2, 0) is 22.4 Å². The van der Waals surface area contributed by atoms with E-state index in [0.29, 0.717) is 26.2 Å². The van der Waals surface area contributed by atoms with Gasteiger partial charge >= 0.3 is 0 Å². The molecule has 0 aromatic heterocycles. The Hall–Kier alpha value is -4.22. The molecule has 5 nitrogen and oxygen atoms in total. The highest BCUT2D eigenvalue weighted by Crippen LogP contribution is 2.21. The Kier molecular flexibility index (Phi) is 8.82. The zero-order chi connectivity index (χ0) is 26.9. The molecular formula is C34H35N3O2. The Bertz CT molecular complexity index is 1250. The lowest BCUT2D eigenvalue weighted by Gasteiger charge is -2.18. The molecule has 1 saturated heterocycles. The second kappa shape index (κ2) is 13.0. The summed E-state index contributed by atoms with van der Waals surface area (Å²) in [6.07, 6.45) is 1.50. The molecule has 4 aromatic carbocycles. The highest BCUT2D eigenvalue weighted by atomic mass is 16.2. The molecule has 1 heterocycles. The van der Waals surface area contributed by atoms with Gasteiger partial charge in [0.05, 0.1) is 11.8 Å². The molecule has 5 rings (SSSR count). The minimum Gasteiger partial charge on any atom is -0.355 e. The lowest BCUT2D eigenvalue weighted by atomic mass is 9.94. The fourth-order valence-electron chi connectivity index (χ4n) is 5.14. The minimum absolute atomic E-state index is 0.0578. The standard InChI is InChI=1S/C34H35N3O2/c38-33(36-21-19-25-11-15-29(16-12-25)27-7-3-1-4-8-27)31-23-35-24-32(31)34(39)37-22-20-26-13-17-30(18-14-26)28-9-5-2-6-10-28/h1-18,31-32,35H,19-24H2,(H,36,38)(H,37,39)/t31-,32-/m1/s1. The van der Waals surface area contributed by atoms with Crippen molar-refractivity contribution in [3.05, 3.63) is 120 Å². The van der Waals surface area contributed by atoms with E-state index in [0.717, 1.165) is 12.8 Å². The first-order chi connectivity index (χ1) is 19.2. The Morgan fingerprint density at radius 3 is 1.28 bits per heavy atom. The molecule has 0 radical (unpaired) electrons. The fraction of sp³-hybridized carbons (Fsp3) is 0.235. The predicted molar refractivity (Wildman–Crippen MR) is 157 cm³/mol. The van der Waals surface area contributed by atoms with Crippen LogP contribution < -0.4 is 16.0 Å².